The summed E-state index contributed by atoms with van der Waals surface area (Å²) in [7, 11) is 0. The lowest BCUT2D eigenvalue weighted by Crippen LogP contribution is -2.15. The number of benzene rings is 2. The summed E-state index contributed by atoms with van der Waals surface area (Å²) in [5, 5.41) is 6.65. The first-order valence-corrected chi connectivity index (χ1v) is 26.2. The molecular formula is C62H83N9S. The van der Waals surface area contributed by atoms with Crippen LogP contribution >= 0.6 is 11.3 Å². The number of thiophene rings is 1. The van der Waals surface area contributed by atoms with Crippen molar-refractivity contribution in [2.24, 2.45) is 10.4 Å². The van der Waals surface area contributed by atoms with E-state index in [0.29, 0.717) is 5.41 Å². The molecule has 0 radical (unpaired) electrons. The molecule has 0 saturated carbocycles. The van der Waals surface area contributed by atoms with Crippen molar-refractivity contribution < 1.29 is 0 Å². The number of allylic oxidation sites excluding steroid dienone is 1. The van der Waals surface area contributed by atoms with Gasteiger partial charge in [-0.25, -0.2) is 15.0 Å². The predicted molar refractivity (Wildman–Crippen MR) is 308 cm³/mol. The van der Waals surface area contributed by atoms with E-state index in [4.69, 9.17) is 0 Å². The summed E-state index contributed by atoms with van der Waals surface area (Å²) in [6.07, 6.45) is 16.9. The number of hydrogen-bond donors (Lipinski definition) is 1. The number of nitrogens with one attached hydrogen (secondary N) is 1. The molecule has 0 aliphatic carbocycles. The molecule has 382 valence electrons. The quantitative estimate of drug-likeness (QED) is 0.161. The average molecular weight is 986 g/mol. The summed E-state index contributed by atoms with van der Waals surface area (Å²) >= 11 is 1.72. The zero-order valence-electron chi connectivity index (χ0n) is 46.8. The Hall–Kier alpha value is -5.97. The molecule has 10 heteroatoms. The van der Waals surface area contributed by atoms with Crippen LogP contribution in [0.25, 0.3) is 26.8 Å². The molecule has 8 aromatic rings. The van der Waals surface area contributed by atoms with Crippen LogP contribution in [-0.2, 0) is 40.2 Å². The van der Waals surface area contributed by atoms with Gasteiger partial charge < -0.3 is 9.72 Å². The van der Waals surface area contributed by atoms with Gasteiger partial charge in [-0.3, -0.25) is 19.9 Å². The third-order valence-corrected chi connectivity index (χ3v) is 13.0. The van der Waals surface area contributed by atoms with Gasteiger partial charge in [0, 0.05) is 83.8 Å². The van der Waals surface area contributed by atoms with Gasteiger partial charge in [-0.1, -0.05) is 167 Å². The first-order valence-electron chi connectivity index (χ1n) is 25.3. The lowest BCUT2D eigenvalue weighted by Gasteiger charge is -2.19. The van der Waals surface area contributed by atoms with Crippen LogP contribution in [0.5, 0.6) is 0 Å². The highest BCUT2D eigenvalue weighted by molar-refractivity contribution is 7.17. The number of nitrogens with zero attached hydrogens (tertiary/aromatic N) is 8. The topological polar surface area (TPSA) is 106 Å². The van der Waals surface area contributed by atoms with Crippen LogP contribution in [0.4, 0.5) is 0 Å². The molecule has 2 aliphatic rings. The molecule has 6 aromatic heterocycles. The minimum atomic E-state index is 0.0495. The van der Waals surface area contributed by atoms with Gasteiger partial charge in [0.25, 0.3) is 0 Å². The smallest absolute Gasteiger partial charge is 0.159 e. The van der Waals surface area contributed by atoms with E-state index in [2.05, 4.69) is 225 Å². The minimum absolute atomic E-state index is 0.0495. The Morgan fingerprint density at radius 1 is 0.500 bits per heavy atom. The van der Waals surface area contributed by atoms with Crippen molar-refractivity contribution in [2.45, 2.75) is 165 Å². The molecular weight excluding hydrogens is 903 g/mol. The summed E-state index contributed by atoms with van der Waals surface area (Å²) in [5.41, 5.74) is 14.6. The fourth-order valence-corrected chi connectivity index (χ4v) is 8.72. The summed E-state index contributed by atoms with van der Waals surface area (Å²) in [6, 6.07) is 25.5. The van der Waals surface area contributed by atoms with Gasteiger partial charge in [0.1, 0.15) is 6.33 Å². The molecule has 2 aromatic carbocycles. The van der Waals surface area contributed by atoms with Crippen molar-refractivity contribution in [2.75, 3.05) is 6.54 Å². The van der Waals surface area contributed by atoms with Crippen LogP contribution in [0.15, 0.2) is 138 Å². The van der Waals surface area contributed by atoms with Crippen LogP contribution in [-0.4, -0.2) is 47.1 Å². The normalized spacial score (nSPS) is 13.5. The van der Waals surface area contributed by atoms with E-state index in [9.17, 15) is 0 Å². The van der Waals surface area contributed by atoms with Gasteiger partial charge in [0.15, 0.2) is 5.65 Å². The second-order valence-corrected chi connectivity index (χ2v) is 25.6. The fourth-order valence-electron chi connectivity index (χ4n) is 7.67. The maximum absolute atomic E-state index is 4.37. The molecule has 1 N–H and O–H groups in total. The standard InChI is InChI=1S/C13H15N.C12H17N.C10H13N3.C10H12N2S.C9H13N.C8H13N/c1-13(2,3)11-6-7-12-10(9-11)5-4-8-14-12;1-12(2,3)11-5-4-9-7-13-8-10(9)6-11;1-10(2,3)8-9-12-5-7-13(9)6-4-11-8;1-10(2,3)9-8-7(4-5-13-8)11-6-12-9;1-9(2,3)8-6-4-5-7-10-8;1-8(2,3)7-4-5-9-6-7/h4-9H,1-3H3;4-6,13H,7-8H2,1-3H3;4-7H,1-3H3;4-6H,1-3H3;4-7H,1-3H3;4,6H,5H2,1-3H3. The van der Waals surface area contributed by atoms with Crippen LogP contribution in [0, 0.1) is 5.41 Å². The van der Waals surface area contributed by atoms with E-state index >= 15 is 0 Å². The maximum atomic E-state index is 4.37. The van der Waals surface area contributed by atoms with Crippen molar-refractivity contribution in [3.63, 3.8) is 0 Å². The predicted octanol–water partition coefficient (Wildman–Crippen LogP) is 15.6. The molecule has 9 nitrogen and oxygen atoms in total. The number of aromatic nitrogens is 7. The molecule has 0 bridgehead atoms. The number of aliphatic imine (C=N–C) groups is 1. The molecule has 0 saturated heterocycles. The van der Waals surface area contributed by atoms with Gasteiger partial charge in [0.2, 0.25) is 0 Å². The van der Waals surface area contributed by atoms with Crippen molar-refractivity contribution in [3.05, 3.63) is 173 Å². The molecule has 0 amide bonds. The monoisotopic (exact) mass is 986 g/mol. The van der Waals surface area contributed by atoms with Crippen molar-refractivity contribution in [1.82, 2.24) is 39.6 Å². The molecule has 0 fully saturated rings. The molecule has 0 atom stereocenters. The lowest BCUT2D eigenvalue weighted by molar-refractivity contribution is 0.527. The molecule has 72 heavy (non-hydrogen) atoms. The zero-order valence-corrected chi connectivity index (χ0v) is 47.6. The molecule has 2 aliphatic heterocycles. The van der Waals surface area contributed by atoms with Crippen LogP contribution in [0.1, 0.15) is 164 Å². The van der Waals surface area contributed by atoms with Crippen molar-refractivity contribution >= 4 is 44.3 Å². The number of fused-ring (bicyclic) bond motifs is 4. The maximum Gasteiger partial charge on any atom is 0.159 e. The number of imidazole rings is 1. The number of hydrogen-bond acceptors (Lipinski definition) is 9. The first kappa shape index (κ1) is 56.9. The SMILES string of the molecule is CC(C)(C)C1=CCN=C1.CC(C)(C)c1ccc2c(c1)CNC2.CC(C)(C)c1ccc2ncccc2c1.CC(C)(C)c1ccccn1.CC(C)(C)c1nccn2ccnc12.CC(C)(C)c1ncnc2ccsc12. The van der Waals surface area contributed by atoms with Crippen molar-refractivity contribution in [1.29, 1.82) is 0 Å². The first-order chi connectivity index (χ1) is 33.5. The Kier molecular flexibility index (Phi) is 18.8. The summed E-state index contributed by atoms with van der Waals surface area (Å²) < 4.78 is 3.21. The molecule has 8 heterocycles. The van der Waals surface area contributed by atoms with E-state index in [-0.39, 0.29) is 27.1 Å². The second kappa shape index (κ2) is 23.7. The Morgan fingerprint density at radius 2 is 1.14 bits per heavy atom. The third-order valence-electron chi connectivity index (χ3n) is 12.1. The Bertz CT molecular complexity index is 2940. The van der Waals surface area contributed by atoms with E-state index in [0.717, 1.165) is 53.4 Å². The second-order valence-electron chi connectivity index (χ2n) is 24.7. The Balaban J connectivity index is 0.000000161. The molecule has 0 unspecified atom stereocenters. The fraction of sp³-hybridized carbons (Fsp3) is 0.435. The summed E-state index contributed by atoms with van der Waals surface area (Å²) in [5.74, 6) is 0. The zero-order chi connectivity index (χ0) is 53.1. The van der Waals surface area contributed by atoms with E-state index in [1.54, 1.807) is 23.9 Å². The van der Waals surface area contributed by atoms with Crippen LogP contribution in [0.3, 0.4) is 0 Å². The van der Waals surface area contributed by atoms with E-state index in [1.165, 1.54) is 37.9 Å². The van der Waals surface area contributed by atoms with Gasteiger partial charge in [-0.05, 0) is 85.9 Å². The summed E-state index contributed by atoms with van der Waals surface area (Å²) in [4.78, 5) is 29.9. The highest BCUT2D eigenvalue weighted by atomic mass is 32.1. The highest BCUT2D eigenvalue weighted by Gasteiger charge is 2.22. The number of pyridine rings is 2. The number of rotatable bonds is 0. The molecule has 10 rings (SSSR count). The minimum Gasteiger partial charge on any atom is -0.309 e. The average Bonchev–Trinajstić information content (AvgIpc) is 4.16. The lowest BCUT2D eigenvalue weighted by atomic mass is 9.85. The van der Waals surface area contributed by atoms with Crippen LogP contribution < -0.4 is 5.32 Å². The largest absolute Gasteiger partial charge is 0.309 e. The third kappa shape index (κ3) is 16.5. The van der Waals surface area contributed by atoms with Gasteiger partial charge in [-0.15, -0.1) is 11.3 Å². The van der Waals surface area contributed by atoms with Crippen LogP contribution in [0.2, 0.25) is 0 Å². The Morgan fingerprint density at radius 3 is 1.71 bits per heavy atom. The van der Waals surface area contributed by atoms with E-state index < -0.39 is 0 Å². The summed E-state index contributed by atoms with van der Waals surface area (Å²) in [6.45, 7) is 42.5. The molecule has 0 spiro atoms. The van der Waals surface area contributed by atoms with Gasteiger partial charge >= 0.3 is 0 Å². The highest BCUT2D eigenvalue weighted by Crippen LogP contribution is 2.31. The van der Waals surface area contributed by atoms with Crippen molar-refractivity contribution in [3.8, 4) is 0 Å². The van der Waals surface area contributed by atoms with E-state index in [1.807, 2.05) is 65.9 Å². The van der Waals surface area contributed by atoms with Gasteiger partial charge in [-0.2, -0.15) is 0 Å². The Labute approximate surface area is 436 Å². The van der Waals surface area contributed by atoms with Gasteiger partial charge in [0.05, 0.1) is 33.7 Å².